The van der Waals surface area contributed by atoms with E-state index in [1.165, 1.54) is 0 Å². The normalized spacial score (nSPS) is 18.6. The number of ether oxygens (including phenoxy) is 1. The minimum absolute atomic E-state index is 0.138. The first kappa shape index (κ1) is 28.0. The van der Waals surface area contributed by atoms with Crippen molar-refractivity contribution >= 4 is 45.0 Å². The van der Waals surface area contributed by atoms with Gasteiger partial charge in [-0.25, -0.2) is 13.2 Å². The number of carbonyl (C=O) groups excluding carboxylic acids is 2. The summed E-state index contributed by atoms with van der Waals surface area (Å²) in [7, 11) is -3.43. The van der Waals surface area contributed by atoms with Crippen molar-refractivity contribution in [1.82, 2.24) is 15.5 Å². The Kier molecular flexibility index (Phi) is 9.35. The van der Waals surface area contributed by atoms with Gasteiger partial charge in [0.15, 0.2) is 0 Å². The van der Waals surface area contributed by atoms with Crippen molar-refractivity contribution in [3.05, 3.63) is 59.1 Å². The quantitative estimate of drug-likeness (QED) is 0.428. The van der Waals surface area contributed by atoms with E-state index in [2.05, 4.69) is 15.4 Å². The first-order chi connectivity index (χ1) is 18.2. The Labute approximate surface area is 228 Å². The van der Waals surface area contributed by atoms with Crippen LogP contribution in [0.3, 0.4) is 0 Å². The molecule has 12 heteroatoms. The lowest BCUT2D eigenvalue weighted by atomic mass is 10.0. The van der Waals surface area contributed by atoms with E-state index in [0.29, 0.717) is 43.3 Å². The topological polar surface area (TPSA) is 120 Å². The SMILES string of the molecule is CS(=O)(=O)Nc1ccccc1N1CCN(C(=O)C(Cc2ccc(Cl)cc2)NC(=O)OCC2CCCN2)CC1. The molecule has 4 rings (SSSR count). The van der Waals surface area contributed by atoms with Gasteiger partial charge in [0.2, 0.25) is 15.9 Å². The summed E-state index contributed by atoms with van der Waals surface area (Å²) >= 11 is 6.02. The van der Waals surface area contributed by atoms with Crippen LogP contribution in [0.15, 0.2) is 48.5 Å². The molecule has 206 valence electrons. The second-order valence-corrected chi connectivity index (χ2v) is 11.8. The minimum Gasteiger partial charge on any atom is -0.448 e. The predicted octanol–water partition coefficient (Wildman–Crippen LogP) is 2.45. The second-order valence-electron chi connectivity index (χ2n) is 9.62. The molecule has 2 aliphatic heterocycles. The number of nitrogens with one attached hydrogen (secondary N) is 3. The number of piperazine rings is 1. The van der Waals surface area contributed by atoms with Crippen LogP contribution in [0.1, 0.15) is 18.4 Å². The zero-order valence-electron chi connectivity index (χ0n) is 21.4. The molecule has 2 amide bonds. The Hall–Kier alpha value is -3.02. The van der Waals surface area contributed by atoms with Crippen molar-refractivity contribution in [3.63, 3.8) is 0 Å². The molecular formula is C26H34ClN5O5S. The number of carbonyl (C=O) groups is 2. The first-order valence-corrected chi connectivity index (χ1v) is 15.0. The average Bonchev–Trinajstić information content (AvgIpc) is 3.41. The number of benzene rings is 2. The number of sulfonamides is 1. The molecule has 2 aromatic rings. The van der Waals surface area contributed by atoms with Crippen molar-refractivity contribution in [2.24, 2.45) is 0 Å². The summed E-state index contributed by atoms with van der Waals surface area (Å²) in [6.07, 6.45) is 2.80. The number of halogens is 1. The molecule has 38 heavy (non-hydrogen) atoms. The zero-order chi connectivity index (χ0) is 27.1. The van der Waals surface area contributed by atoms with Gasteiger partial charge in [-0.05, 0) is 49.2 Å². The third-order valence-corrected chi connectivity index (χ3v) is 7.50. The lowest BCUT2D eigenvalue weighted by Crippen LogP contribution is -2.56. The summed E-state index contributed by atoms with van der Waals surface area (Å²) in [4.78, 5) is 30.0. The highest BCUT2D eigenvalue weighted by atomic mass is 35.5. The predicted molar refractivity (Wildman–Crippen MR) is 148 cm³/mol. The molecule has 0 bridgehead atoms. The van der Waals surface area contributed by atoms with Gasteiger partial charge in [-0.1, -0.05) is 35.9 Å². The molecule has 0 saturated carbocycles. The fraction of sp³-hybridized carbons (Fsp3) is 0.462. The summed E-state index contributed by atoms with van der Waals surface area (Å²) in [6, 6.07) is 13.7. The van der Waals surface area contributed by atoms with Crippen LogP contribution >= 0.6 is 11.6 Å². The molecule has 2 heterocycles. The maximum Gasteiger partial charge on any atom is 0.407 e. The Bertz CT molecular complexity index is 1210. The number of alkyl carbamates (subject to hydrolysis) is 1. The highest BCUT2D eigenvalue weighted by Gasteiger charge is 2.30. The number of nitrogens with zero attached hydrogens (tertiary/aromatic N) is 2. The first-order valence-electron chi connectivity index (χ1n) is 12.7. The summed E-state index contributed by atoms with van der Waals surface area (Å²) in [5.41, 5.74) is 2.12. The van der Waals surface area contributed by atoms with Crippen molar-refractivity contribution in [2.75, 3.05) is 55.2 Å². The van der Waals surface area contributed by atoms with E-state index in [-0.39, 0.29) is 18.6 Å². The second kappa shape index (κ2) is 12.7. The molecule has 0 spiro atoms. The van der Waals surface area contributed by atoms with Crippen LogP contribution in [0.5, 0.6) is 0 Å². The fourth-order valence-corrected chi connectivity index (χ4v) is 5.44. The smallest absolute Gasteiger partial charge is 0.407 e. The molecule has 2 fully saturated rings. The molecule has 0 aliphatic carbocycles. The number of amides is 2. The van der Waals surface area contributed by atoms with Crippen LogP contribution in [0.4, 0.5) is 16.2 Å². The molecule has 0 radical (unpaired) electrons. The number of hydrogen-bond donors (Lipinski definition) is 3. The highest BCUT2D eigenvalue weighted by Crippen LogP contribution is 2.27. The van der Waals surface area contributed by atoms with Gasteiger partial charge >= 0.3 is 6.09 Å². The summed E-state index contributed by atoms with van der Waals surface area (Å²) in [6.45, 7) is 3.04. The third kappa shape index (κ3) is 7.99. The molecule has 2 atom stereocenters. The average molecular weight is 564 g/mol. The Morgan fingerprint density at radius 1 is 1.11 bits per heavy atom. The van der Waals surface area contributed by atoms with Crippen LogP contribution < -0.4 is 20.3 Å². The van der Waals surface area contributed by atoms with Gasteiger partial charge in [-0.3, -0.25) is 9.52 Å². The van der Waals surface area contributed by atoms with Crippen molar-refractivity contribution in [2.45, 2.75) is 31.3 Å². The van der Waals surface area contributed by atoms with E-state index >= 15 is 0 Å². The molecule has 2 saturated heterocycles. The third-order valence-electron chi connectivity index (χ3n) is 6.65. The van der Waals surface area contributed by atoms with E-state index < -0.39 is 22.2 Å². The van der Waals surface area contributed by atoms with Crippen LogP contribution in [0.25, 0.3) is 0 Å². The Morgan fingerprint density at radius 2 is 1.82 bits per heavy atom. The van der Waals surface area contributed by atoms with Crippen LogP contribution in [0.2, 0.25) is 5.02 Å². The lowest BCUT2D eigenvalue weighted by molar-refractivity contribution is -0.133. The molecular weight excluding hydrogens is 530 g/mol. The fourth-order valence-electron chi connectivity index (χ4n) is 4.74. The largest absolute Gasteiger partial charge is 0.448 e. The van der Waals surface area contributed by atoms with E-state index in [1.54, 1.807) is 29.2 Å². The van der Waals surface area contributed by atoms with Crippen LogP contribution in [0, 0.1) is 0 Å². The maximum absolute atomic E-state index is 13.6. The van der Waals surface area contributed by atoms with E-state index in [0.717, 1.165) is 36.9 Å². The van der Waals surface area contributed by atoms with Gasteiger partial charge in [-0.2, -0.15) is 0 Å². The number of anilines is 2. The molecule has 0 aromatic heterocycles. The Morgan fingerprint density at radius 3 is 2.47 bits per heavy atom. The van der Waals surface area contributed by atoms with Gasteiger partial charge in [0, 0.05) is 43.7 Å². The standard InChI is InChI=1S/C26H34ClN5O5S/c1-38(35,36)30-22-6-2-3-7-24(22)31-13-15-32(16-14-31)25(33)23(17-19-8-10-20(27)11-9-19)29-26(34)37-18-21-5-4-12-28-21/h2-3,6-11,21,23,28,30H,4-5,12-18H2,1H3,(H,29,34). The zero-order valence-corrected chi connectivity index (χ0v) is 22.9. The lowest BCUT2D eigenvalue weighted by Gasteiger charge is -2.38. The molecule has 2 aromatic carbocycles. The highest BCUT2D eigenvalue weighted by molar-refractivity contribution is 7.92. The molecule has 3 N–H and O–H groups in total. The van der Waals surface area contributed by atoms with Gasteiger partial charge < -0.3 is 25.2 Å². The summed E-state index contributed by atoms with van der Waals surface area (Å²) in [5, 5.41) is 6.65. The maximum atomic E-state index is 13.6. The van der Waals surface area contributed by atoms with Gasteiger partial charge in [-0.15, -0.1) is 0 Å². The van der Waals surface area contributed by atoms with E-state index in [1.807, 2.05) is 29.2 Å². The van der Waals surface area contributed by atoms with E-state index in [9.17, 15) is 18.0 Å². The Balaban J connectivity index is 1.40. The van der Waals surface area contributed by atoms with Gasteiger partial charge in [0.1, 0.15) is 12.6 Å². The number of para-hydroxylation sites is 2. The van der Waals surface area contributed by atoms with E-state index in [4.69, 9.17) is 16.3 Å². The molecule has 2 unspecified atom stereocenters. The number of hydrogen-bond acceptors (Lipinski definition) is 7. The minimum atomic E-state index is -3.43. The van der Waals surface area contributed by atoms with Crippen molar-refractivity contribution in [1.29, 1.82) is 0 Å². The summed E-state index contributed by atoms with van der Waals surface area (Å²) in [5.74, 6) is -0.196. The summed E-state index contributed by atoms with van der Waals surface area (Å²) < 4.78 is 31.6. The molecule has 2 aliphatic rings. The molecule has 10 nitrogen and oxygen atoms in total. The van der Waals surface area contributed by atoms with Gasteiger partial charge in [0.05, 0.1) is 17.6 Å². The monoisotopic (exact) mass is 563 g/mol. The van der Waals surface area contributed by atoms with Crippen LogP contribution in [-0.4, -0.2) is 83.0 Å². The van der Waals surface area contributed by atoms with Crippen LogP contribution in [-0.2, 0) is 26.0 Å². The van der Waals surface area contributed by atoms with Gasteiger partial charge in [0.25, 0.3) is 0 Å². The van der Waals surface area contributed by atoms with Crippen molar-refractivity contribution < 1.29 is 22.7 Å². The number of rotatable bonds is 9. The van der Waals surface area contributed by atoms with Crippen molar-refractivity contribution in [3.8, 4) is 0 Å².